The van der Waals surface area contributed by atoms with E-state index in [2.05, 4.69) is 5.32 Å². The number of nitrogens with one attached hydrogen (secondary N) is 1. The predicted octanol–water partition coefficient (Wildman–Crippen LogP) is 2.55. The highest BCUT2D eigenvalue weighted by Crippen LogP contribution is 2.20. The summed E-state index contributed by atoms with van der Waals surface area (Å²) in [6, 6.07) is 7.58. The Labute approximate surface area is 103 Å². The van der Waals surface area contributed by atoms with E-state index in [-0.39, 0.29) is 6.61 Å². The number of hydrogen-bond acceptors (Lipinski definition) is 3. The summed E-state index contributed by atoms with van der Waals surface area (Å²) in [5.41, 5.74) is 1.20. The molecule has 0 bridgehead atoms. The van der Waals surface area contributed by atoms with Gasteiger partial charge in [-0.15, -0.1) is 0 Å². The monoisotopic (exact) mass is 258 g/mol. The maximum absolute atomic E-state index is 12.1. The van der Waals surface area contributed by atoms with Gasteiger partial charge in [0.05, 0.1) is 19.2 Å². The number of benzene rings is 1. The van der Waals surface area contributed by atoms with Crippen molar-refractivity contribution in [3.8, 4) is 6.07 Å². The lowest BCUT2D eigenvalue weighted by Crippen LogP contribution is -2.32. The van der Waals surface area contributed by atoms with E-state index in [9.17, 15) is 13.2 Å². The van der Waals surface area contributed by atoms with Gasteiger partial charge < -0.3 is 4.74 Å². The molecule has 1 N–H and O–H groups in total. The molecule has 1 aromatic rings. The SMILES string of the molecule is COCc1ccccc1C(C#N)NCC(F)(F)F. The summed E-state index contributed by atoms with van der Waals surface area (Å²) >= 11 is 0. The van der Waals surface area contributed by atoms with Gasteiger partial charge in [0.1, 0.15) is 6.04 Å². The Balaban J connectivity index is 2.85. The molecule has 1 unspecified atom stereocenters. The Morgan fingerprint density at radius 2 is 2.06 bits per heavy atom. The zero-order valence-electron chi connectivity index (χ0n) is 9.79. The predicted molar refractivity (Wildman–Crippen MR) is 59.6 cm³/mol. The Morgan fingerprint density at radius 3 is 2.61 bits per heavy atom. The van der Waals surface area contributed by atoms with Crippen molar-refractivity contribution in [2.45, 2.75) is 18.8 Å². The van der Waals surface area contributed by atoms with Gasteiger partial charge in [0.25, 0.3) is 0 Å². The van der Waals surface area contributed by atoms with Crippen LogP contribution in [0.3, 0.4) is 0 Å². The van der Waals surface area contributed by atoms with Crippen LogP contribution in [0.15, 0.2) is 24.3 Å². The molecule has 0 amide bonds. The topological polar surface area (TPSA) is 45.0 Å². The largest absolute Gasteiger partial charge is 0.401 e. The first-order valence-corrected chi connectivity index (χ1v) is 5.24. The molecule has 98 valence electrons. The van der Waals surface area contributed by atoms with Gasteiger partial charge >= 0.3 is 6.18 Å². The molecule has 3 nitrogen and oxygen atoms in total. The maximum atomic E-state index is 12.1. The molecule has 0 fully saturated rings. The zero-order valence-corrected chi connectivity index (χ0v) is 9.79. The van der Waals surface area contributed by atoms with Crippen LogP contribution in [0.4, 0.5) is 13.2 Å². The Kier molecular flexibility index (Phi) is 5.13. The van der Waals surface area contributed by atoms with Crippen molar-refractivity contribution in [3.63, 3.8) is 0 Å². The van der Waals surface area contributed by atoms with Crippen LogP contribution >= 0.6 is 0 Å². The van der Waals surface area contributed by atoms with Gasteiger partial charge in [0.2, 0.25) is 0 Å². The maximum Gasteiger partial charge on any atom is 0.401 e. The van der Waals surface area contributed by atoms with E-state index in [1.165, 1.54) is 7.11 Å². The fourth-order valence-electron chi connectivity index (χ4n) is 1.55. The second-order valence-electron chi connectivity index (χ2n) is 3.69. The highest BCUT2D eigenvalue weighted by molar-refractivity contribution is 5.32. The Hall–Kier alpha value is -1.58. The minimum Gasteiger partial charge on any atom is -0.380 e. The fraction of sp³-hybridized carbons (Fsp3) is 0.417. The van der Waals surface area contributed by atoms with E-state index in [1.54, 1.807) is 24.3 Å². The molecule has 0 heterocycles. The van der Waals surface area contributed by atoms with Crippen molar-refractivity contribution < 1.29 is 17.9 Å². The summed E-state index contributed by atoms with van der Waals surface area (Å²) in [5.74, 6) is 0. The van der Waals surface area contributed by atoms with Crippen molar-refractivity contribution in [1.29, 1.82) is 5.26 Å². The molecule has 1 rings (SSSR count). The van der Waals surface area contributed by atoms with Crippen molar-refractivity contribution >= 4 is 0 Å². The van der Waals surface area contributed by atoms with Gasteiger partial charge in [-0.1, -0.05) is 24.3 Å². The van der Waals surface area contributed by atoms with Gasteiger partial charge in [-0.2, -0.15) is 18.4 Å². The number of ether oxygens (including phenoxy) is 1. The third kappa shape index (κ3) is 4.35. The van der Waals surface area contributed by atoms with E-state index in [0.717, 1.165) is 0 Å². The summed E-state index contributed by atoms with van der Waals surface area (Å²) in [6.45, 7) is -0.950. The number of nitriles is 1. The van der Waals surface area contributed by atoms with E-state index < -0.39 is 18.8 Å². The Bertz CT molecular complexity index is 426. The number of alkyl halides is 3. The normalized spacial score (nSPS) is 13.1. The number of nitrogens with zero attached hydrogens (tertiary/aromatic N) is 1. The molecule has 0 radical (unpaired) electrons. The van der Waals surface area contributed by atoms with Gasteiger partial charge in [-0.3, -0.25) is 5.32 Å². The summed E-state index contributed by atoms with van der Waals surface area (Å²) in [6.07, 6.45) is -4.34. The fourth-order valence-corrected chi connectivity index (χ4v) is 1.55. The van der Waals surface area contributed by atoms with Crippen LogP contribution in [0.5, 0.6) is 0 Å². The minimum absolute atomic E-state index is 0.252. The molecular weight excluding hydrogens is 245 g/mol. The van der Waals surface area contributed by atoms with Gasteiger partial charge in [0.15, 0.2) is 0 Å². The standard InChI is InChI=1S/C12H13F3N2O/c1-18-7-9-4-2-3-5-10(9)11(6-16)17-8-12(13,14)15/h2-5,11,17H,7-8H2,1H3. The van der Waals surface area contributed by atoms with Crippen LogP contribution in [0.2, 0.25) is 0 Å². The molecule has 0 aliphatic heterocycles. The Morgan fingerprint density at radius 1 is 1.39 bits per heavy atom. The number of hydrogen-bond donors (Lipinski definition) is 1. The lowest BCUT2D eigenvalue weighted by molar-refractivity contribution is -0.125. The van der Waals surface area contributed by atoms with Gasteiger partial charge in [0, 0.05) is 7.11 Å². The molecule has 1 aromatic carbocycles. The van der Waals surface area contributed by atoms with Crippen molar-refractivity contribution in [1.82, 2.24) is 5.32 Å². The molecular formula is C12H13F3N2O. The average molecular weight is 258 g/mol. The highest BCUT2D eigenvalue weighted by Gasteiger charge is 2.28. The van der Waals surface area contributed by atoms with Crippen molar-refractivity contribution in [2.75, 3.05) is 13.7 Å². The first-order chi connectivity index (χ1) is 8.48. The first kappa shape index (κ1) is 14.5. The van der Waals surface area contributed by atoms with E-state index in [4.69, 9.17) is 10.00 Å². The molecule has 0 aliphatic rings. The summed E-state index contributed by atoms with van der Waals surface area (Å²) < 4.78 is 41.3. The summed E-state index contributed by atoms with van der Waals surface area (Å²) in [5, 5.41) is 11.1. The third-order valence-electron chi connectivity index (χ3n) is 2.30. The average Bonchev–Trinajstić information content (AvgIpc) is 2.31. The molecule has 0 spiro atoms. The first-order valence-electron chi connectivity index (χ1n) is 5.24. The van der Waals surface area contributed by atoms with Crippen molar-refractivity contribution in [2.24, 2.45) is 0 Å². The minimum atomic E-state index is -4.34. The van der Waals surface area contributed by atoms with Crippen LogP contribution in [0.1, 0.15) is 17.2 Å². The summed E-state index contributed by atoms with van der Waals surface area (Å²) in [7, 11) is 1.49. The van der Waals surface area contributed by atoms with Crippen LogP contribution in [-0.2, 0) is 11.3 Å². The van der Waals surface area contributed by atoms with E-state index in [0.29, 0.717) is 11.1 Å². The third-order valence-corrected chi connectivity index (χ3v) is 2.30. The van der Waals surface area contributed by atoms with Gasteiger partial charge in [-0.05, 0) is 11.1 Å². The second-order valence-corrected chi connectivity index (χ2v) is 3.69. The molecule has 1 atom stereocenters. The number of halogens is 3. The zero-order chi connectivity index (χ0) is 13.6. The molecule has 0 saturated carbocycles. The molecule has 0 aliphatic carbocycles. The smallest absolute Gasteiger partial charge is 0.380 e. The summed E-state index contributed by atoms with van der Waals surface area (Å²) in [4.78, 5) is 0. The second kappa shape index (κ2) is 6.38. The van der Waals surface area contributed by atoms with E-state index >= 15 is 0 Å². The molecule has 0 saturated heterocycles. The lowest BCUT2D eigenvalue weighted by atomic mass is 10.0. The van der Waals surface area contributed by atoms with E-state index in [1.807, 2.05) is 6.07 Å². The van der Waals surface area contributed by atoms with Crippen LogP contribution in [0, 0.1) is 11.3 Å². The lowest BCUT2D eigenvalue weighted by Gasteiger charge is -2.16. The van der Waals surface area contributed by atoms with Gasteiger partial charge in [-0.25, -0.2) is 0 Å². The quantitative estimate of drug-likeness (QED) is 0.882. The number of rotatable bonds is 5. The molecule has 6 heteroatoms. The van der Waals surface area contributed by atoms with Crippen LogP contribution in [0.25, 0.3) is 0 Å². The highest BCUT2D eigenvalue weighted by atomic mass is 19.4. The molecule has 18 heavy (non-hydrogen) atoms. The number of methoxy groups -OCH3 is 1. The van der Waals surface area contributed by atoms with Crippen molar-refractivity contribution in [3.05, 3.63) is 35.4 Å². The van der Waals surface area contributed by atoms with Crippen LogP contribution < -0.4 is 5.32 Å². The van der Waals surface area contributed by atoms with Crippen LogP contribution in [-0.4, -0.2) is 19.8 Å². The molecule has 0 aromatic heterocycles.